The van der Waals surface area contributed by atoms with E-state index in [0.717, 1.165) is 40.9 Å². The topological polar surface area (TPSA) is 52.6 Å². The van der Waals surface area contributed by atoms with Crippen molar-refractivity contribution in [3.63, 3.8) is 0 Å². The summed E-state index contributed by atoms with van der Waals surface area (Å²) < 4.78 is 10.8. The zero-order valence-corrected chi connectivity index (χ0v) is 32.5. The van der Waals surface area contributed by atoms with Crippen LogP contribution in [0, 0.1) is 5.92 Å². The van der Waals surface area contributed by atoms with E-state index in [1.807, 2.05) is 97.3 Å². The molecule has 0 aliphatic heterocycles. The van der Waals surface area contributed by atoms with Gasteiger partial charge < -0.3 is 9.47 Å². The standard InChI is InChI=1S/C22H28O2S2.C20H22O2S2.2CH4/c1-3-18(2)22(23)24-14-21(26-16-20-12-8-5-9-13-20)17-25-15-19-10-6-4-7-11-19;1-2-20(21)22-13-19(24-15-18-11-7-4-8-12-18)16-23-14-17-9-5-3-6-10-17;;/h4-13,18,21H,3,14-17H2,1-2H3;2-12,19H,1,13-16H2;2*1H4. The normalized spacial score (nSPS) is 12.0. The molecule has 0 fully saturated rings. The maximum absolute atomic E-state index is 12.0. The molecule has 0 bridgehead atoms. The number of carbonyl (C=O) groups excluding carboxylic acids is 2. The Morgan fingerprint density at radius 3 is 1.29 bits per heavy atom. The van der Waals surface area contributed by atoms with Crippen molar-refractivity contribution in [2.24, 2.45) is 5.92 Å². The Morgan fingerprint density at radius 1 is 0.596 bits per heavy atom. The Morgan fingerprint density at radius 2 is 0.942 bits per heavy atom. The zero-order chi connectivity index (χ0) is 35.7. The van der Waals surface area contributed by atoms with Gasteiger partial charge in [0.05, 0.1) is 5.92 Å². The highest BCUT2D eigenvalue weighted by Crippen LogP contribution is 2.25. The predicted octanol–water partition coefficient (Wildman–Crippen LogP) is 12.0. The molecule has 0 aliphatic rings. The number of esters is 2. The number of ether oxygens (including phenoxy) is 2. The van der Waals surface area contributed by atoms with Crippen LogP contribution in [0.5, 0.6) is 0 Å². The third-order valence-corrected chi connectivity index (χ3v) is 12.8. The van der Waals surface area contributed by atoms with E-state index in [2.05, 4.69) is 91.5 Å². The van der Waals surface area contributed by atoms with Crippen molar-refractivity contribution in [1.29, 1.82) is 0 Å². The molecule has 0 saturated carbocycles. The van der Waals surface area contributed by atoms with E-state index < -0.39 is 0 Å². The lowest BCUT2D eigenvalue weighted by Gasteiger charge is -2.18. The first-order valence-corrected chi connectivity index (χ1v) is 21.4. The molecule has 0 spiro atoms. The molecule has 282 valence electrons. The Hall–Kier alpha value is -3.04. The minimum absolute atomic E-state index is 0. The average molecular weight is 779 g/mol. The first kappa shape index (κ1) is 47.0. The van der Waals surface area contributed by atoms with Crippen molar-refractivity contribution in [3.05, 3.63) is 156 Å². The molecular weight excluding hydrogens is 721 g/mol. The number of carbonyl (C=O) groups is 2. The van der Waals surface area contributed by atoms with Crippen LogP contribution in [0.1, 0.15) is 57.4 Å². The average Bonchev–Trinajstić information content (AvgIpc) is 3.17. The molecule has 4 aromatic rings. The van der Waals surface area contributed by atoms with Gasteiger partial charge in [-0.1, -0.05) is 157 Å². The summed E-state index contributed by atoms with van der Waals surface area (Å²) in [5.41, 5.74) is 5.25. The number of hydrogen-bond acceptors (Lipinski definition) is 8. The number of rotatable bonds is 21. The molecule has 0 aromatic heterocycles. The fourth-order valence-electron chi connectivity index (χ4n) is 4.35. The summed E-state index contributed by atoms with van der Waals surface area (Å²) in [5.74, 6) is 5.28. The van der Waals surface area contributed by atoms with E-state index in [9.17, 15) is 9.59 Å². The molecular formula is C44H58O4S4. The van der Waals surface area contributed by atoms with E-state index in [-0.39, 0.29) is 38.0 Å². The van der Waals surface area contributed by atoms with Crippen molar-refractivity contribution in [2.45, 2.75) is 68.6 Å². The van der Waals surface area contributed by atoms with Crippen LogP contribution < -0.4 is 0 Å². The third kappa shape index (κ3) is 20.9. The maximum Gasteiger partial charge on any atom is 0.330 e. The molecule has 4 rings (SSSR count). The first-order valence-electron chi connectivity index (χ1n) is 17.0. The van der Waals surface area contributed by atoms with Gasteiger partial charge in [0.25, 0.3) is 0 Å². The van der Waals surface area contributed by atoms with E-state index in [0.29, 0.717) is 18.5 Å². The van der Waals surface area contributed by atoms with E-state index in [1.54, 1.807) is 0 Å². The van der Waals surface area contributed by atoms with Gasteiger partial charge in [0.15, 0.2) is 0 Å². The highest BCUT2D eigenvalue weighted by molar-refractivity contribution is 8.03. The molecule has 0 N–H and O–H groups in total. The monoisotopic (exact) mass is 778 g/mol. The van der Waals surface area contributed by atoms with Gasteiger partial charge in [0.1, 0.15) is 13.2 Å². The van der Waals surface area contributed by atoms with Crippen LogP contribution in [0.4, 0.5) is 0 Å². The van der Waals surface area contributed by atoms with Crippen molar-refractivity contribution in [3.8, 4) is 0 Å². The van der Waals surface area contributed by atoms with Gasteiger partial charge in [-0.25, -0.2) is 4.79 Å². The van der Waals surface area contributed by atoms with Crippen LogP contribution in [0.25, 0.3) is 0 Å². The summed E-state index contributed by atoms with van der Waals surface area (Å²) in [4.78, 5) is 23.3. The Kier molecular flexibility index (Phi) is 26.6. The second kappa shape index (κ2) is 29.4. The SMILES string of the molecule is C.C.C=CC(=O)OCC(CSCc1ccccc1)SCc1ccccc1.CCC(C)C(=O)OCC(CSCc1ccccc1)SCc1ccccc1. The van der Waals surface area contributed by atoms with Gasteiger partial charge in [-0.2, -0.15) is 23.5 Å². The van der Waals surface area contributed by atoms with Crippen LogP contribution in [-0.2, 0) is 42.1 Å². The van der Waals surface area contributed by atoms with E-state index in [1.165, 1.54) is 28.3 Å². The minimum atomic E-state index is -0.353. The Labute approximate surface area is 331 Å². The summed E-state index contributed by atoms with van der Waals surface area (Å²) in [6.07, 6.45) is 2.04. The molecule has 0 heterocycles. The van der Waals surface area contributed by atoms with Gasteiger partial charge in [0, 0.05) is 51.1 Å². The second-order valence-electron chi connectivity index (χ2n) is 11.6. The molecule has 3 unspecified atom stereocenters. The maximum atomic E-state index is 12.0. The van der Waals surface area contributed by atoms with E-state index in [4.69, 9.17) is 9.47 Å². The number of hydrogen-bond donors (Lipinski definition) is 0. The predicted molar refractivity (Wildman–Crippen MR) is 233 cm³/mol. The third-order valence-electron chi connectivity index (χ3n) is 7.49. The van der Waals surface area contributed by atoms with Crippen LogP contribution in [0.15, 0.2) is 134 Å². The zero-order valence-electron chi connectivity index (χ0n) is 29.2. The van der Waals surface area contributed by atoms with Gasteiger partial charge >= 0.3 is 11.9 Å². The lowest BCUT2D eigenvalue weighted by Crippen LogP contribution is -2.22. The summed E-state index contributed by atoms with van der Waals surface area (Å²) in [6.45, 7) is 8.30. The molecule has 0 aliphatic carbocycles. The molecule has 52 heavy (non-hydrogen) atoms. The van der Waals surface area contributed by atoms with Crippen molar-refractivity contribution >= 4 is 59.0 Å². The summed E-state index contributed by atoms with van der Waals surface area (Å²) in [5, 5.41) is 0.569. The molecule has 4 aromatic carbocycles. The van der Waals surface area contributed by atoms with Crippen molar-refractivity contribution in [1.82, 2.24) is 0 Å². The molecule has 8 heteroatoms. The molecule has 0 amide bonds. The van der Waals surface area contributed by atoms with Crippen LogP contribution >= 0.6 is 47.0 Å². The number of thioether (sulfide) groups is 4. The molecule has 0 saturated heterocycles. The van der Waals surface area contributed by atoms with Crippen LogP contribution in [-0.4, -0.2) is 47.2 Å². The van der Waals surface area contributed by atoms with Crippen LogP contribution in [0.3, 0.4) is 0 Å². The Bertz CT molecular complexity index is 1470. The first-order chi connectivity index (χ1) is 24.5. The highest BCUT2D eigenvalue weighted by Gasteiger charge is 2.17. The van der Waals surface area contributed by atoms with Gasteiger partial charge in [0.2, 0.25) is 0 Å². The van der Waals surface area contributed by atoms with Crippen molar-refractivity contribution < 1.29 is 19.1 Å². The van der Waals surface area contributed by atoms with Gasteiger partial charge in [-0.15, -0.1) is 23.5 Å². The lowest BCUT2D eigenvalue weighted by atomic mass is 10.1. The van der Waals surface area contributed by atoms with Gasteiger partial charge in [-0.3, -0.25) is 4.79 Å². The lowest BCUT2D eigenvalue weighted by molar-refractivity contribution is -0.147. The molecule has 3 atom stereocenters. The summed E-state index contributed by atoms with van der Waals surface area (Å²) in [7, 11) is 0. The fourth-order valence-corrected chi connectivity index (χ4v) is 9.08. The van der Waals surface area contributed by atoms with Crippen molar-refractivity contribution in [2.75, 3.05) is 24.7 Å². The van der Waals surface area contributed by atoms with Crippen LogP contribution in [0.2, 0.25) is 0 Å². The highest BCUT2D eigenvalue weighted by atomic mass is 32.2. The molecule has 0 radical (unpaired) electrons. The Balaban J connectivity index is 0.000000502. The fraction of sp³-hybridized carbons (Fsp3) is 0.364. The second-order valence-corrected chi connectivity index (χ2v) is 16.3. The summed E-state index contributed by atoms with van der Waals surface area (Å²) in [6, 6.07) is 41.7. The van der Waals surface area contributed by atoms with Gasteiger partial charge in [-0.05, 0) is 28.7 Å². The smallest absolute Gasteiger partial charge is 0.330 e. The minimum Gasteiger partial charge on any atom is -0.464 e. The number of benzene rings is 4. The molecule has 4 nitrogen and oxygen atoms in total. The van der Waals surface area contributed by atoms with E-state index >= 15 is 0 Å². The largest absolute Gasteiger partial charge is 0.464 e. The quantitative estimate of drug-likeness (QED) is 0.0612. The summed E-state index contributed by atoms with van der Waals surface area (Å²) >= 11 is 7.48.